The third-order valence-electron chi connectivity index (χ3n) is 4.86. The summed E-state index contributed by atoms with van der Waals surface area (Å²) in [5, 5.41) is 2.22. The van der Waals surface area contributed by atoms with Gasteiger partial charge in [0.15, 0.2) is 0 Å². The Hall–Kier alpha value is -2.20. The van der Waals surface area contributed by atoms with Crippen molar-refractivity contribution in [3.05, 3.63) is 41.7 Å². The van der Waals surface area contributed by atoms with Crippen LogP contribution in [-0.4, -0.2) is 41.1 Å². The van der Waals surface area contributed by atoms with Crippen molar-refractivity contribution in [1.82, 2.24) is 14.9 Å². The number of likely N-dealkylation sites (tertiary alicyclic amines) is 1. The molecular formula is C20H23N3O. The molecule has 3 heterocycles. The summed E-state index contributed by atoms with van der Waals surface area (Å²) in [7, 11) is 0. The minimum absolute atomic E-state index is 0.725. The first-order valence-corrected chi connectivity index (χ1v) is 8.73. The zero-order valence-corrected chi connectivity index (χ0v) is 14.4. The average Bonchev–Trinajstić information content (AvgIpc) is 3.09. The number of aryl methyl sites for hydroxylation is 2. The summed E-state index contributed by atoms with van der Waals surface area (Å²) >= 11 is 0. The van der Waals surface area contributed by atoms with Crippen LogP contribution in [0.2, 0.25) is 0 Å². The van der Waals surface area contributed by atoms with Crippen LogP contribution in [0.4, 0.5) is 0 Å². The molecule has 0 atom stereocenters. The second kappa shape index (κ2) is 6.36. The van der Waals surface area contributed by atoms with E-state index < -0.39 is 0 Å². The van der Waals surface area contributed by atoms with Gasteiger partial charge in [0.2, 0.25) is 0 Å². The fourth-order valence-corrected chi connectivity index (χ4v) is 3.60. The summed E-state index contributed by atoms with van der Waals surface area (Å²) in [4.78, 5) is 11.7. The van der Waals surface area contributed by atoms with Crippen molar-refractivity contribution in [1.29, 1.82) is 0 Å². The molecule has 1 fully saturated rings. The Morgan fingerprint density at radius 2 is 1.96 bits per heavy atom. The van der Waals surface area contributed by atoms with E-state index >= 15 is 0 Å². The molecular weight excluding hydrogens is 298 g/mol. The Balaban J connectivity index is 1.71. The summed E-state index contributed by atoms with van der Waals surface area (Å²) in [5.41, 5.74) is 4.12. The molecule has 3 aromatic rings. The molecule has 4 rings (SSSR count). The first-order valence-electron chi connectivity index (χ1n) is 8.73. The van der Waals surface area contributed by atoms with E-state index in [9.17, 15) is 0 Å². The molecule has 0 aliphatic carbocycles. The SMILES string of the molecule is Cc1cc(OCCN2CCCC2)c2cc3cccnc3c(C)c2n1. The maximum absolute atomic E-state index is 6.16. The van der Waals surface area contributed by atoms with Gasteiger partial charge in [-0.3, -0.25) is 14.9 Å². The van der Waals surface area contributed by atoms with Gasteiger partial charge in [-0.1, -0.05) is 6.07 Å². The standard InChI is InChI=1S/C20H23N3O/c1-14-12-18(24-11-10-23-8-3-4-9-23)17-13-16-6-5-7-21-19(16)15(2)20(17)22-14/h5-7,12-13H,3-4,8-11H2,1-2H3. The lowest BCUT2D eigenvalue weighted by Gasteiger charge is -2.17. The molecule has 0 N–H and O–H groups in total. The van der Waals surface area contributed by atoms with E-state index in [-0.39, 0.29) is 0 Å². The summed E-state index contributed by atoms with van der Waals surface area (Å²) < 4.78 is 6.16. The Labute approximate surface area is 142 Å². The van der Waals surface area contributed by atoms with Gasteiger partial charge in [-0.25, -0.2) is 0 Å². The molecule has 0 saturated carbocycles. The highest BCUT2D eigenvalue weighted by Gasteiger charge is 2.14. The van der Waals surface area contributed by atoms with E-state index in [1.807, 2.05) is 25.3 Å². The highest BCUT2D eigenvalue weighted by atomic mass is 16.5. The number of nitrogens with zero attached hydrogens (tertiary/aromatic N) is 3. The van der Waals surface area contributed by atoms with Crippen molar-refractivity contribution in [2.24, 2.45) is 0 Å². The van der Waals surface area contributed by atoms with Crippen LogP contribution in [-0.2, 0) is 0 Å². The van der Waals surface area contributed by atoms with E-state index in [0.29, 0.717) is 0 Å². The van der Waals surface area contributed by atoms with Crippen molar-refractivity contribution in [2.45, 2.75) is 26.7 Å². The average molecular weight is 321 g/mol. The van der Waals surface area contributed by atoms with Crippen LogP contribution in [0.25, 0.3) is 21.8 Å². The first kappa shape index (κ1) is 15.3. The second-order valence-corrected chi connectivity index (χ2v) is 6.63. The molecule has 0 spiro atoms. The quantitative estimate of drug-likeness (QED) is 0.684. The zero-order chi connectivity index (χ0) is 16.5. The van der Waals surface area contributed by atoms with E-state index in [2.05, 4.69) is 28.9 Å². The monoisotopic (exact) mass is 321 g/mol. The van der Waals surface area contributed by atoms with E-state index in [0.717, 1.165) is 52.0 Å². The molecule has 1 aliphatic heterocycles. The maximum atomic E-state index is 6.16. The summed E-state index contributed by atoms with van der Waals surface area (Å²) in [6.07, 6.45) is 4.47. The lowest BCUT2D eigenvalue weighted by atomic mass is 10.0. The normalized spacial score (nSPS) is 15.4. The van der Waals surface area contributed by atoms with E-state index in [1.54, 1.807) is 0 Å². The van der Waals surface area contributed by atoms with Crippen LogP contribution in [0.5, 0.6) is 5.75 Å². The van der Waals surface area contributed by atoms with Gasteiger partial charge in [0.25, 0.3) is 0 Å². The number of aromatic nitrogens is 2. The third kappa shape index (κ3) is 2.82. The maximum Gasteiger partial charge on any atom is 0.130 e. The summed E-state index contributed by atoms with van der Waals surface area (Å²) in [5.74, 6) is 0.936. The minimum atomic E-state index is 0.725. The second-order valence-electron chi connectivity index (χ2n) is 6.63. The van der Waals surface area contributed by atoms with Gasteiger partial charge < -0.3 is 4.74 Å². The molecule has 0 amide bonds. The minimum Gasteiger partial charge on any atom is -0.491 e. The zero-order valence-electron chi connectivity index (χ0n) is 14.4. The summed E-state index contributed by atoms with van der Waals surface area (Å²) in [6, 6.07) is 8.28. The number of hydrogen-bond acceptors (Lipinski definition) is 4. The number of rotatable bonds is 4. The molecule has 1 aliphatic rings. The van der Waals surface area contributed by atoms with Crippen LogP contribution < -0.4 is 4.74 Å². The topological polar surface area (TPSA) is 38.2 Å². The highest BCUT2D eigenvalue weighted by Crippen LogP contribution is 2.32. The van der Waals surface area contributed by atoms with Crippen molar-refractivity contribution < 1.29 is 4.74 Å². The van der Waals surface area contributed by atoms with Crippen LogP contribution in [0.1, 0.15) is 24.1 Å². The van der Waals surface area contributed by atoms with Crippen LogP contribution in [0, 0.1) is 13.8 Å². The predicted molar refractivity (Wildman–Crippen MR) is 97.7 cm³/mol. The summed E-state index contributed by atoms with van der Waals surface area (Å²) in [6.45, 7) is 8.25. The Bertz CT molecular complexity index is 885. The van der Waals surface area contributed by atoms with Crippen molar-refractivity contribution >= 4 is 21.8 Å². The highest BCUT2D eigenvalue weighted by molar-refractivity contribution is 6.01. The molecule has 1 saturated heterocycles. The van der Waals surface area contributed by atoms with Crippen LogP contribution >= 0.6 is 0 Å². The number of benzene rings is 1. The fourth-order valence-electron chi connectivity index (χ4n) is 3.60. The van der Waals surface area contributed by atoms with Gasteiger partial charge >= 0.3 is 0 Å². The Morgan fingerprint density at radius 3 is 2.79 bits per heavy atom. The predicted octanol–water partition coefficient (Wildman–Crippen LogP) is 3.87. The van der Waals surface area contributed by atoms with Crippen molar-refractivity contribution in [3.63, 3.8) is 0 Å². The van der Waals surface area contributed by atoms with Gasteiger partial charge in [0, 0.05) is 40.8 Å². The largest absolute Gasteiger partial charge is 0.491 e. The molecule has 0 radical (unpaired) electrons. The van der Waals surface area contributed by atoms with Crippen LogP contribution in [0.15, 0.2) is 30.5 Å². The van der Waals surface area contributed by atoms with Gasteiger partial charge in [-0.15, -0.1) is 0 Å². The number of fused-ring (bicyclic) bond motifs is 2. The third-order valence-corrected chi connectivity index (χ3v) is 4.86. The molecule has 24 heavy (non-hydrogen) atoms. The molecule has 0 unspecified atom stereocenters. The van der Waals surface area contributed by atoms with Crippen molar-refractivity contribution in [3.8, 4) is 5.75 Å². The first-order chi connectivity index (χ1) is 11.7. The lowest BCUT2D eigenvalue weighted by molar-refractivity contribution is 0.239. The molecule has 4 heteroatoms. The van der Waals surface area contributed by atoms with Gasteiger partial charge in [-0.05, 0) is 51.9 Å². The molecule has 2 aromatic heterocycles. The Morgan fingerprint density at radius 1 is 1.12 bits per heavy atom. The smallest absolute Gasteiger partial charge is 0.130 e. The molecule has 124 valence electrons. The van der Waals surface area contributed by atoms with E-state index in [1.165, 1.54) is 25.9 Å². The van der Waals surface area contributed by atoms with Gasteiger partial charge in [0.1, 0.15) is 12.4 Å². The van der Waals surface area contributed by atoms with E-state index in [4.69, 9.17) is 9.72 Å². The van der Waals surface area contributed by atoms with Crippen LogP contribution in [0.3, 0.4) is 0 Å². The Kier molecular flexibility index (Phi) is 4.07. The number of ether oxygens (including phenoxy) is 1. The lowest BCUT2D eigenvalue weighted by Crippen LogP contribution is -2.25. The fraction of sp³-hybridized carbons (Fsp3) is 0.400. The number of hydrogen-bond donors (Lipinski definition) is 0. The van der Waals surface area contributed by atoms with Gasteiger partial charge in [0.05, 0.1) is 11.0 Å². The molecule has 0 bridgehead atoms. The van der Waals surface area contributed by atoms with Crippen molar-refractivity contribution in [2.75, 3.05) is 26.2 Å². The van der Waals surface area contributed by atoms with Gasteiger partial charge in [-0.2, -0.15) is 0 Å². The molecule has 4 nitrogen and oxygen atoms in total. The number of pyridine rings is 2. The molecule has 1 aromatic carbocycles.